The lowest BCUT2D eigenvalue weighted by atomic mass is 10.2. The van der Waals surface area contributed by atoms with Gasteiger partial charge in [0.25, 0.3) is 0 Å². The van der Waals surface area contributed by atoms with E-state index in [0.29, 0.717) is 12.3 Å². The van der Waals surface area contributed by atoms with Crippen LogP contribution in [0.15, 0.2) is 32.9 Å². The van der Waals surface area contributed by atoms with Crippen molar-refractivity contribution in [1.82, 2.24) is 15.5 Å². The number of carbonyl (C=O) groups is 1. The van der Waals surface area contributed by atoms with Crippen molar-refractivity contribution >= 4 is 40.8 Å². The second-order valence-corrected chi connectivity index (χ2v) is 9.12. The van der Waals surface area contributed by atoms with Gasteiger partial charge >= 0.3 is 0 Å². The zero-order chi connectivity index (χ0) is 18.2. The maximum atomic E-state index is 11.9. The monoisotopic (exact) mass is 411 g/mol. The zero-order valence-corrected chi connectivity index (χ0v) is 16.9. The van der Waals surface area contributed by atoms with Crippen LogP contribution in [0, 0.1) is 0 Å². The Morgan fingerprint density at radius 2 is 2.08 bits per heavy atom. The highest BCUT2D eigenvalue weighted by Crippen LogP contribution is 2.30. The molecule has 2 heterocycles. The Morgan fingerprint density at radius 3 is 2.77 bits per heavy atom. The van der Waals surface area contributed by atoms with E-state index in [0.717, 1.165) is 39.6 Å². The van der Waals surface area contributed by atoms with Gasteiger partial charge in [0.15, 0.2) is 8.68 Å². The molecule has 0 aliphatic carbocycles. The average molecular weight is 412 g/mol. The quantitative estimate of drug-likeness (QED) is 0.635. The summed E-state index contributed by atoms with van der Waals surface area (Å²) in [6, 6.07) is 7.99. The summed E-state index contributed by atoms with van der Waals surface area (Å²) in [5.41, 5.74) is 1.20. The number of carbonyl (C=O) groups excluding carboxylic acids is 1. The van der Waals surface area contributed by atoms with Crippen molar-refractivity contribution in [2.45, 2.75) is 33.4 Å². The van der Waals surface area contributed by atoms with Crippen LogP contribution < -0.4 is 10.1 Å². The molecular weight excluding hydrogens is 390 g/mol. The standard InChI is InChI=1S/C17H21N3O3S3/c1-22-13-6-4-12(5-7-13)10-24-16-19-20-17(26-16)25-11-15(21)18-9-14-3-2-8-23-14/h4-7,14H,2-3,8-11H2,1H3,(H,18,21)/t14-/m1/s1. The van der Waals surface area contributed by atoms with Crippen molar-refractivity contribution in [3.8, 4) is 5.75 Å². The number of aromatic nitrogens is 2. The van der Waals surface area contributed by atoms with Crippen LogP contribution >= 0.6 is 34.9 Å². The zero-order valence-electron chi connectivity index (χ0n) is 14.5. The van der Waals surface area contributed by atoms with E-state index in [1.807, 2.05) is 24.3 Å². The van der Waals surface area contributed by atoms with Crippen molar-refractivity contribution in [3.05, 3.63) is 29.8 Å². The first-order valence-corrected chi connectivity index (χ1v) is 11.1. The van der Waals surface area contributed by atoms with E-state index in [1.165, 1.54) is 28.7 Å². The number of hydrogen-bond acceptors (Lipinski definition) is 8. The second-order valence-electron chi connectivity index (χ2n) is 5.70. The Kier molecular flexibility index (Phi) is 7.60. The van der Waals surface area contributed by atoms with Gasteiger partial charge in [-0.1, -0.05) is 47.0 Å². The molecule has 9 heteroatoms. The largest absolute Gasteiger partial charge is 0.497 e. The SMILES string of the molecule is COc1ccc(CSc2nnc(SCC(=O)NC[C@H]3CCCO3)s2)cc1. The number of amides is 1. The third-order valence-corrected chi connectivity index (χ3v) is 7.05. The number of hydrogen-bond donors (Lipinski definition) is 1. The summed E-state index contributed by atoms with van der Waals surface area (Å²) in [6.07, 6.45) is 2.28. The van der Waals surface area contributed by atoms with Crippen LogP contribution in [0.3, 0.4) is 0 Å². The molecular formula is C17H21N3O3S3. The number of rotatable bonds is 9. The number of methoxy groups -OCH3 is 1. The van der Waals surface area contributed by atoms with Crippen LogP contribution in [-0.2, 0) is 15.3 Å². The fourth-order valence-corrected chi connectivity index (χ4v) is 5.20. The molecule has 1 fully saturated rings. The minimum Gasteiger partial charge on any atom is -0.497 e. The Bertz CT molecular complexity index is 703. The molecule has 6 nitrogen and oxygen atoms in total. The summed E-state index contributed by atoms with van der Waals surface area (Å²) < 4.78 is 12.4. The van der Waals surface area contributed by atoms with Crippen molar-refractivity contribution in [1.29, 1.82) is 0 Å². The van der Waals surface area contributed by atoms with Crippen molar-refractivity contribution in [2.75, 3.05) is 26.0 Å². The minimum atomic E-state index is 0.00753. The van der Waals surface area contributed by atoms with Crippen LogP contribution in [-0.4, -0.2) is 48.2 Å². The Labute approximate surface area is 165 Å². The van der Waals surface area contributed by atoms with E-state index in [2.05, 4.69) is 15.5 Å². The first-order valence-electron chi connectivity index (χ1n) is 8.33. The molecule has 1 N–H and O–H groups in total. The normalized spacial score (nSPS) is 16.6. The van der Waals surface area contributed by atoms with E-state index in [9.17, 15) is 4.79 Å². The van der Waals surface area contributed by atoms with E-state index in [-0.39, 0.29) is 12.0 Å². The molecule has 1 aliphatic heterocycles. The van der Waals surface area contributed by atoms with Gasteiger partial charge in [-0.25, -0.2) is 0 Å². The molecule has 0 saturated carbocycles. The lowest BCUT2D eigenvalue weighted by molar-refractivity contribution is -0.119. The number of ether oxygens (including phenoxy) is 2. The van der Waals surface area contributed by atoms with Crippen molar-refractivity contribution in [3.63, 3.8) is 0 Å². The predicted octanol–water partition coefficient (Wildman–Crippen LogP) is 3.23. The maximum absolute atomic E-state index is 11.9. The molecule has 1 aliphatic rings. The fourth-order valence-electron chi connectivity index (χ4n) is 2.39. The number of nitrogens with one attached hydrogen (secondary N) is 1. The third-order valence-electron chi connectivity index (χ3n) is 3.79. The summed E-state index contributed by atoms with van der Waals surface area (Å²) >= 11 is 4.58. The fraction of sp³-hybridized carbons (Fsp3) is 0.471. The first-order chi connectivity index (χ1) is 12.7. The Morgan fingerprint density at radius 1 is 1.31 bits per heavy atom. The van der Waals surface area contributed by atoms with Gasteiger partial charge in [-0.05, 0) is 30.5 Å². The second kappa shape index (κ2) is 10.1. The van der Waals surface area contributed by atoms with Crippen LogP contribution in [0.4, 0.5) is 0 Å². The Hall–Kier alpha value is -1.29. The molecule has 0 bridgehead atoms. The Balaban J connectivity index is 1.37. The lowest BCUT2D eigenvalue weighted by Gasteiger charge is -2.09. The topological polar surface area (TPSA) is 73.3 Å². The molecule has 0 radical (unpaired) electrons. The molecule has 1 atom stereocenters. The van der Waals surface area contributed by atoms with E-state index in [4.69, 9.17) is 9.47 Å². The van der Waals surface area contributed by atoms with Gasteiger partial charge in [0.05, 0.1) is 19.0 Å². The van der Waals surface area contributed by atoms with Crippen LogP contribution in [0.2, 0.25) is 0 Å². The van der Waals surface area contributed by atoms with E-state index >= 15 is 0 Å². The summed E-state index contributed by atoms with van der Waals surface area (Å²) in [5.74, 6) is 2.04. The molecule has 1 aromatic carbocycles. The smallest absolute Gasteiger partial charge is 0.230 e. The van der Waals surface area contributed by atoms with Crippen LogP contribution in [0.25, 0.3) is 0 Å². The van der Waals surface area contributed by atoms with Gasteiger partial charge < -0.3 is 14.8 Å². The van der Waals surface area contributed by atoms with Crippen LogP contribution in [0.1, 0.15) is 18.4 Å². The van der Waals surface area contributed by atoms with E-state index < -0.39 is 0 Å². The number of nitrogens with zero attached hydrogens (tertiary/aromatic N) is 2. The number of benzene rings is 1. The summed E-state index contributed by atoms with van der Waals surface area (Å²) in [7, 11) is 1.66. The summed E-state index contributed by atoms with van der Waals surface area (Å²) in [4.78, 5) is 11.9. The average Bonchev–Trinajstić information content (AvgIpc) is 3.35. The predicted molar refractivity (Wildman–Crippen MR) is 105 cm³/mol. The van der Waals surface area contributed by atoms with Gasteiger partial charge in [-0.2, -0.15) is 0 Å². The van der Waals surface area contributed by atoms with E-state index in [1.54, 1.807) is 18.9 Å². The molecule has 26 heavy (non-hydrogen) atoms. The third kappa shape index (κ3) is 6.15. The highest BCUT2D eigenvalue weighted by molar-refractivity contribution is 8.03. The van der Waals surface area contributed by atoms with Crippen molar-refractivity contribution in [2.24, 2.45) is 0 Å². The van der Waals surface area contributed by atoms with Gasteiger partial charge in [0.1, 0.15) is 5.75 Å². The highest BCUT2D eigenvalue weighted by Gasteiger charge is 2.16. The molecule has 140 valence electrons. The first kappa shape index (κ1) is 19.5. The highest BCUT2D eigenvalue weighted by atomic mass is 32.2. The van der Waals surface area contributed by atoms with Gasteiger partial charge in [-0.3, -0.25) is 4.79 Å². The molecule has 3 rings (SSSR count). The molecule has 0 spiro atoms. The van der Waals surface area contributed by atoms with Gasteiger partial charge in [0, 0.05) is 18.9 Å². The van der Waals surface area contributed by atoms with Gasteiger partial charge in [0.2, 0.25) is 5.91 Å². The van der Waals surface area contributed by atoms with Gasteiger partial charge in [-0.15, -0.1) is 10.2 Å². The van der Waals surface area contributed by atoms with Crippen LogP contribution in [0.5, 0.6) is 5.75 Å². The summed E-state index contributed by atoms with van der Waals surface area (Å²) in [6.45, 7) is 1.40. The number of thioether (sulfide) groups is 2. The molecule has 0 unspecified atom stereocenters. The summed E-state index contributed by atoms with van der Waals surface area (Å²) in [5, 5.41) is 11.3. The lowest BCUT2D eigenvalue weighted by Crippen LogP contribution is -2.32. The molecule has 1 aromatic heterocycles. The molecule has 1 saturated heterocycles. The molecule has 2 aromatic rings. The molecule has 1 amide bonds. The maximum Gasteiger partial charge on any atom is 0.230 e. The van der Waals surface area contributed by atoms with Crippen molar-refractivity contribution < 1.29 is 14.3 Å². The minimum absolute atomic E-state index is 0.00753.